The van der Waals surface area contributed by atoms with Gasteiger partial charge in [-0.15, -0.1) is 0 Å². The number of rotatable bonds is 1. The van der Waals surface area contributed by atoms with Crippen LogP contribution in [0.3, 0.4) is 0 Å². The van der Waals surface area contributed by atoms with Crippen molar-refractivity contribution in [1.82, 2.24) is 4.98 Å². The van der Waals surface area contributed by atoms with Crippen LogP contribution in [0.4, 0.5) is 0 Å². The number of aromatic nitrogens is 1. The average Bonchev–Trinajstić information content (AvgIpc) is 2.07. The van der Waals surface area contributed by atoms with Crippen molar-refractivity contribution in [1.29, 1.82) is 0 Å². The summed E-state index contributed by atoms with van der Waals surface area (Å²) >= 11 is 0. The molecule has 0 spiro atoms. The van der Waals surface area contributed by atoms with Crippen molar-refractivity contribution in [2.24, 2.45) is 0 Å². The van der Waals surface area contributed by atoms with Gasteiger partial charge in [0.25, 0.3) is 6.47 Å². The topological polar surface area (TPSA) is 87.5 Å². The van der Waals surface area contributed by atoms with Gasteiger partial charge >= 0.3 is 5.97 Å². The second-order valence-electron chi connectivity index (χ2n) is 1.63. The minimum Gasteiger partial charge on any atom is -0.483 e. The number of aromatic carboxylic acids is 1. The second kappa shape index (κ2) is 8.72. The number of carboxylic acid groups (broad SMARTS) is 2. The first kappa shape index (κ1) is 14.2. The SMILES string of the molecule is O=C(O)c1ccccn1.O=CO.[Cr]. The summed E-state index contributed by atoms with van der Waals surface area (Å²) in [6.07, 6.45) is 1.45. The molecule has 13 heavy (non-hydrogen) atoms. The number of nitrogens with zero attached hydrogens (tertiary/aromatic N) is 1. The maximum Gasteiger partial charge on any atom is 0.354 e. The Hall–Kier alpha value is -1.38. The summed E-state index contributed by atoms with van der Waals surface area (Å²) in [6.45, 7) is -0.250. The molecular formula is C7H7CrNO4. The van der Waals surface area contributed by atoms with Crippen LogP contribution in [0.2, 0.25) is 0 Å². The molecule has 1 heterocycles. The molecule has 0 unspecified atom stereocenters. The molecule has 0 saturated carbocycles. The van der Waals surface area contributed by atoms with Gasteiger partial charge in [0.2, 0.25) is 0 Å². The summed E-state index contributed by atoms with van der Waals surface area (Å²) in [4.78, 5) is 22.1. The van der Waals surface area contributed by atoms with E-state index >= 15 is 0 Å². The Morgan fingerprint density at radius 2 is 2.00 bits per heavy atom. The smallest absolute Gasteiger partial charge is 0.354 e. The number of carboxylic acids is 1. The Morgan fingerprint density at radius 1 is 1.46 bits per heavy atom. The van der Waals surface area contributed by atoms with Gasteiger partial charge in [-0.2, -0.15) is 0 Å². The van der Waals surface area contributed by atoms with E-state index in [0.29, 0.717) is 0 Å². The van der Waals surface area contributed by atoms with Gasteiger partial charge in [-0.1, -0.05) is 6.07 Å². The van der Waals surface area contributed by atoms with Crippen LogP contribution in [0.5, 0.6) is 0 Å². The summed E-state index contributed by atoms with van der Waals surface area (Å²) in [5, 5.41) is 15.2. The molecule has 1 aromatic rings. The molecule has 2 N–H and O–H groups in total. The molecule has 0 aromatic carbocycles. The minimum absolute atomic E-state index is 0. The summed E-state index contributed by atoms with van der Waals surface area (Å²) in [5.41, 5.74) is 0.0810. The van der Waals surface area contributed by atoms with E-state index in [0.717, 1.165) is 0 Å². The fourth-order valence-corrected chi connectivity index (χ4v) is 0.489. The van der Waals surface area contributed by atoms with E-state index in [1.54, 1.807) is 12.1 Å². The number of pyridine rings is 1. The van der Waals surface area contributed by atoms with Gasteiger partial charge in [0, 0.05) is 23.6 Å². The zero-order chi connectivity index (χ0) is 9.40. The van der Waals surface area contributed by atoms with Crippen molar-refractivity contribution >= 4 is 12.4 Å². The van der Waals surface area contributed by atoms with E-state index in [1.165, 1.54) is 12.3 Å². The molecule has 5 nitrogen and oxygen atoms in total. The van der Waals surface area contributed by atoms with Crippen LogP contribution in [0.15, 0.2) is 24.4 Å². The molecule has 0 aliphatic carbocycles. The average molecular weight is 221 g/mol. The van der Waals surface area contributed by atoms with E-state index in [2.05, 4.69) is 4.98 Å². The third-order valence-corrected chi connectivity index (χ3v) is 0.884. The Labute approximate surface area is 85.2 Å². The first-order valence-electron chi connectivity index (χ1n) is 2.94. The predicted octanol–water partition coefficient (Wildman–Crippen LogP) is 0.478. The van der Waals surface area contributed by atoms with Crippen LogP contribution in [0.25, 0.3) is 0 Å². The third kappa shape index (κ3) is 7.00. The second-order valence-corrected chi connectivity index (χ2v) is 1.63. The van der Waals surface area contributed by atoms with Crippen molar-refractivity contribution in [3.63, 3.8) is 0 Å². The molecule has 0 aliphatic heterocycles. The summed E-state index contributed by atoms with van der Waals surface area (Å²) < 4.78 is 0. The summed E-state index contributed by atoms with van der Waals surface area (Å²) in [6, 6.07) is 4.76. The van der Waals surface area contributed by atoms with E-state index in [4.69, 9.17) is 15.0 Å². The molecule has 0 radical (unpaired) electrons. The van der Waals surface area contributed by atoms with Crippen molar-refractivity contribution in [2.45, 2.75) is 0 Å². The van der Waals surface area contributed by atoms with E-state index in [1.807, 2.05) is 0 Å². The Kier molecular flexibility index (Phi) is 9.50. The van der Waals surface area contributed by atoms with Crippen molar-refractivity contribution < 1.29 is 37.2 Å². The van der Waals surface area contributed by atoms with Crippen LogP contribution in [0.1, 0.15) is 10.5 Å². The van der Waals surface area contributed by atoms with Crippen LogP contribution < -0.4 is 0 Å². The largest absolute Gasteiger partial charge is 0.483 e. The fourth-order valence-electron chi connectivity index (χ4n) is 0.489. The normalized spacial score (nSPS) is 7.08. The van der Waals surface area contributed by atoms with Gasteiger partial charge in [-0.05, 0) is 12.1 Å². The molecule has 0 bridgehead atoms. The van der Waals surface area contributed by atoms with Crippen molar-refractivity contribution in [2.75, 3.05) is 0 Å². The molecule has 1 aromatic heterocycles. The Morgan fingerprint density at radius 3 is 2.23 bits per heavy atom. The van der Waals surface area contributed by atoms with Crippen LogP contribution in [-0.2, 0) is 22.2 Å². The van der Waals surface area contributed by atoms with Gasteiger partial charge in [-0.25, -0.2) is 9.78 Å². The molecule has 0 fully saturated rings. The van der Waals surface area contributed by atoms with Crippen LogP contribution in [0, 0.1) is 0 Å². The maximum absolute atomic E-state index is 10.1. The van der Waals surface area contributed by atoms with Crippen LogP contribution in [-0.4, -0.2) is 27.6 Å². The minimum atomic E-state index is -0.990. The van der Waals surface area contributed by atoms with Gasteiger partial charge in [-0.3, -0.25) is 4.79 Å². The molecule has 6 heteroatoms. The van der Waals surface area contributed by atoms with Crippen molar-refractivity contribution in [3.05, 3.63) is 30.1 Å². The number of carbonyl (C=O) groups is 2. The number of hydrogen-bond acceptors (Lipinski definition) is 3. The first-order chi connectivity index (χ1) is 5.72. The standard InChI is InChI=1S/C6H5NO2.CH2O2.Cr/c8-6(9)5-3-1-2-4-7-5;2-1-3;/h1-4H,(H,8,9);1H,(H,2,3);. The summed E-state index contributed by atoms with van der Waals surface area (Å²) in [5.74, 6) is -0.990. The molecule has 0 atom stereocenters. The maximum atomic E-state index is 10.1. The molecule has 70 valence electrons. The predicted molar refractivity (Wildman–Crippen MR) is 39.9 cm³/mol. The van der Waals surface area contributed by atoms with Gasteiger partial charge < -0.3 is 10.2 Å². The first-order valence-corrected chi connectivity index (χ1v) is 2.94. The van der Waals surface area contributed by atoms with E-state index in [9.17, 15) is 4.79 Å². The summed E-state index contributed by atoms with van der Waals surface area (Å²) in [7, 11) is 0. The third-order valence-electron chi connectivity index (χ3n) is 0.884. The zero-order valence-corrected chi connectivity index (χ0v) is 7.73. The Bertz CT molecular complexity index is 252. The molecule has 1 rings (SSSR count). The number of hydrogen-bond donors (Lipinski definition) is 2. The molecule has 0 amide bonds. The molecular weight excluding hydrogens is 214 g/mol. The molecule has 0 saturated heterocycles. The zero-order valence-electron chi connectivity index (χ0n) is 6.45. The fraction of sp³-hybridized carbons (Fsp3) is 0. The monoisotopic (exact) mass is 221 g/mol. The Balaban J connectivity index is 0. The quantitative estimate of drug-likeness (QED) is 0.673. The van der Waals surface area contributed by atoms with Gasteiger partial charge in [0.1, 0.15) is 5.69 Å². The van der Waals surface area contributed by atoms with Crippen LogP contribution >= 0.6 is 0 Å². The van der Waals surface area contributed by atoms with E-state index < -0.39 is 5.97 Å². The van der Waals surface area contributed by atoms with E-state index in [-0.39, 0.29) is 29.5 Å². The van der Waals surface area contributed by atoms with Crippen molar-refractivity contribution in [3.8, 4) is 0 Å². The molecule has 0 aliphatic rings. The van der Waals surface area contributed by atoms with Gasteiger partial charge in [0.05, 0.1) is 0 Å². The van der Waals surface area contributed by atoms with Gasteiger partial charge in [0.15, 0.2) is 0 Å².